The number of alkyl carbamates (subject to hydrolysis) is 1. The van der Waals surface area contributed by atoms with Gasteiger partial charge >= 0.3 is 11.8 Å². The van der Waals surface area contributed by atoms with Crippen molar-refractivity contribution >= 4 is 18.2 Å². The molecule has 27 heavy (non-hydrogen) atoms. The number of hydrogen-bond acceptors (Lipinski definition) is 6. The smallest absolute Gasteiger partial charge is 0.408 e. The molecule has 0 saturated heterocycles. The van der Waals surface area contributed by atoms with E-state index in [1.54, 1.807) is 20.8 Å². The van der Waals surface area contributed by atoms with Crippen LogP contribution in [0.15, 0.2) is 14.7 Å². The molecular formula is C17H27N5O5. The molecule has 0 bridgehead atoms. The van der Waals surface area contributed by atoms with Gasteiger partial charge in [0.05, 0.1) is 11.8 Å². The van der Waals surface area contributed by atoms with E-state index in [-0.39, 0.29) is 11.5 Å². The van der Waals surface area contributed by atoms with E-state index in [4.69, 9.17) is 4.74 Å². The van der Waals surface area contributed by atoms with Crippen molar-refractivity contribution in [1.82, 2.24) is 20.7 Å². The van der Waals surface area contributed by atoms with Crippen molar-refractivity contribution in [2.45, 2.75) is 59.6 Å². The third-order valence-electron chi connectivity index (χ3n) is 3.71. The van der Waals surface area contributed by atoms with E-state index in [0.29, 0.717) is 12.1 Å². The summed E-state index contributed by atoms with van der Waals surface area (Å²) in [6.45, 7) is 10.4. The van der Waals surface area contributed by atoms with E-state index in [2.05, 4.69) is 25.8 Å². The average Bonchev–Trinajstić information content (AvgIpc) is 2.52. The summed E-state index contributed by atoms with van der Waals surface area (Å²) in [6.07, 6.45) is 1.05. The van der Waals surface area contributed by atoms with E-state index in [9.17, 15) is 19.2 Å². The molecule has 10 nitrogen and oxygen atoms in total. The zero-order valence-corrected chi connectivity index (χ0v) is 16.4. The lowest BCUT2D eigenvalue weighted by Crippen LogP contribution is -2.50. The Labute approximate surface area is 156 Å². The molecule has 0 radical (unpaired) electrons. The average molecular weight is 381 g/mol. The minimum Gasteiger partial charge on any atom is -0.444 e. The highest BCUT2D eigenvalue weighted by molar-refractivity contribution is 5.87. The number of nitrogens with zero attached hydrogens (tertiary/aromatic N) is 1. The summed E-state index contributed by atoms with van der Waals surface area (Å²) in [7, 11) is 0. The van der Waals surface area contributed by atoms with Gasteiger partial charge in [0.15, 0.2) is 0 Å². The second-order valence-electron chi connectivity index (χ2n) is 7.19. The van der Waals surface area contributed by atoms with Gasteiger partial charge < -0.3 is 15.0 Å². The normalized spacial score (nSPS) is 13.9. The lowest BCUT2D eigenvalue weighted by molar-refractivity contribution is -0.124. The Morgan fingerprint density at radius 3 is 2.41 bits per heavy atom. The van der Waals surface area contributed by atoms with Crippen molar-refractivity contribution in [1.29, 1.82) is 0 Å². The fourth-order valence-electron chi connectivity index (χ4n) is 2.13. The van der Waals surface area contributed by atoms with Crippen LogP contribution in [0, 0.1) is 12.8 Å². The maximum atomic E-state index is 12.4. The highest BCUT2D eigenvalue weighted by Gasteiger charge is 2.28. The van der Waals surface area contributed by atoms with Crippen molar-refractivity contribution in [3.8, 4) is 0 Å². The van der Waals surface area contributed by atoms with Gasteiger partial charge in [0.25, 0.3) is 11.5 Å². The molecule has 1 rings (SSSR count). The first-order valence-corrected chi connectivity index (χ1v) is 8.60. The maximum absolute atomic E-state index is 12.4. The monoisotopic (exact) mass is 381 g/mol. The van der Waals surface area contributed by atoms with E-state index < -0.39 is 34.9 Å². The summed E-state index contributed by atoms with van der Waals surface area (Å²) in [6, 6.07) is -0.864. The number of carbonyl (C=O) groups excluding carboxylic acids is 2. The Morgan fingerprint density at radius 1 is 1.26 bits per heavy atom. The quantitative estimate of drug-likeness (QED) is 0.424. The van der Waals surface area contributed by atoms with Gasteiger partial charge in [-0.05, 0) is 33.6 Å². The summed E-state index contributed by atoms with van der Waals surface area (Å²) in [5, 5.41) is 6.29. The predicted molar refractivity (Wildman–Crippen MR) is 101 cm³/mol. The van der Waals surface area contributed by atoms with Gasteiger partial charge in [-0.25, -0.2) is 15.0 Å². The lowest BCUT2D eigenvalue weighted by Gasteiger charge is -2.25. The Hall–Kier alpha value is -2.91. The van der Waals surface area contributed by atoms with E-state index in [0.717, 1.165) is 6.21 Å². The topological polar surface area (TPSA) is 146 Å². The third-order valence-corrected chi connectivity index (χ3v) is 3.71. The van der Waals surface area contributed by atoms with Gasteiger partial charge in [-0.3, -0.25) is 14.6 Å². The molecule has 0 aliphatic heterocycles. The van der Waals surface area contributed by atoms with Gasteiger partial charge in [0, 0.05) is 5.69 Å². The van der Waals surface area contributed by atoms with Crippen LogP contribution in [-0.2, 0) is 9.53 Å². The fraction of sp³-hybridized carbons (Fsp3) is 0.588. The van der Waals surface area contributed by atoms with Gasteiger partial charge in [0.2, 0.25) is 0 Å². The number of nitrogens with one attached hydrogen (secondary N) is 4. The fourth-order valence-corrected chi connectivity index (χ4v) is 2.13. The van der Waals surface area contributed by atoms with Gasteiger partial charge in [-0.1, -0.05) is 20.3 Å². The number of H-pyrrole nitrogens is 2. The van der Waals surface area contributed by atoms with Crippen LogP contribution in [0.1, 0.15) is 52.3 Å². The first-order chi connectivity index (χ1) is 12.4. The van der Waals surface area contributed by atoms with Gasteiger partial charge in [-0.15, -0.1) is 0 Å². The summed E-state index contributed by atoms with van der Waals surface area (Å²) in [5.74, 6) is -0.726. The van der Waals surface area contributed by atoms with E-state index in [1.807, 2.05) is 13.8 Å². The summed E-state index contributed by atoms with van der Waals surface area (Å²) in [4.78, 5) is 51.8. The van der Waals surface area contributed by atoms with Crippen LogP contribution >= 0.6 is 0 Å². The zero-order valence-electron chi connectivity index (χ0n) is 16.4. The summed E-state index contributed by atoms with van der Waals surface area (Å²) in [5.41, 5.74) is 0.772. The van der Waals surface area contributed by atoms with Crippen LogP contribution < -0.4 is 22.0 Å². The largest absolute Gasteiger partial charge is 0.444 e. The number of aromatic amines is 2. The molecule has 1 heterocycles. The van der Waals surface area contributed by atoms with Crippen molar-refractivity contribution in [3.63, 3.8) is 0 Å². The Morgan fingerprint density at radius 2 is 1.89 bits per heavy atom. The molecule has 0 saturated carbocycles. The molecule has 2 amide bonds. The maximum Gasteiger partial charge on any atom is 0.408 e. The highest BCUT2D eigenvalue weighted by atomic mass is 16.6. The van der Waals surface area contributed by atoms with Crippen molar-refractivity contribution < 1.29 is 14.3 Å². The van der Waals surface area contributed by atoms with Crippen LogP contribution in [0.4, 0.5) is 4.79 Å². The second-order valence-corrected chi connectivity index (χ2v) is 7.19. The van der Waals surface area contributed by atoms with Crippen LogP contribution in [0.3, 0.4) is 0 Å². The molecular weight excluding hydrogens is 354 g/mol. The molecule has 0 fully saturated rings. The Balaban J connectivity index is 2.87. The first-order valence-electron chi connectivity index (χ1n) is 8.60. The van der Waals surface area contributed by atoms with E-state index in [1.165, 1.54) is 6.92 Å². The molecule has 2 atom stereocenters. The minimum atomic E-state index is -0.864. The molecule has 150 valence electrons. The van der Waals surface area contributed by atoms with Crippen LogP contribution in [0.25, 0.3) is 0 Å². The van der Waals surface area contributed by atoms with Crippen LogP contribution in [0.2, 0.25) is 0 Å². The summed E-state index contributed by atoms with van der Waals surface area (Å²) < 4.78 is 5.18. The molecule has 0 aliphatic carbocycles. The Kier molecular flexibility index (Phi) is 7.50. The predicted octanol–water partition coefficient (Wildman–Crippen LogP) is 0.761. The number of hydrogen-bond donors (Lipinski definition) is 4. The Bertz CT molecular complexity index is 818. The summed E-state index contributed by atoms with van der Waals surface area (Å²) >= 11 is 0. The molecule has 0 aromatic carbocycles. The number of hydrazone groups is 1. The molecule has 2 unspecified atom stereocenters. The lowest BCUT2D eigenvalue weighted by atomic mass is 9.99. The molecule has 1 aromatic heterocycles. The number of ether oxygens (including phenoxy) is 1. The first kappa shape index (κ1) is 22.1. The van der Waals surface area contributed by atoms with E-state index >= 15 is 0 Å². The number of carbonyl (C=O) groups is 2. The zero-order chi connectivity index (χ0) is 20.8. The molecule has 1 aromatic rings. The second kappa shape index (κ2) is 9.15. The van der Waals surface area contributed by atoms with Crippen molar-refractivity contribution in [3.05, 3.63) is 32.1 Å². The van der Waals surface area contributed by atoms with Crippen LogP contribution in [0.5, 0.6) is 0 Å². The number of amides is 2. The number of rotatable bonds is 6. The highest BCUT2D eigenvalue weighted by Crippen LogP contribution is 2.11. The van der Waals surface area contributed by atoms with Crippen molar-refractivity contribution in [2.75, 3.05) is 0 Å². The molecule has 0 spiro atoms. The number of aryl methyl sites for hydroxylation is 1. The molecule has 4 N–H and O–H groups in total. The number of aromatic nitrogens is 2. The van der Waals surface area contributed by atoms with Crippen LogP contribution in [-0.4, -0.2) is 39.8 Å². The van der Waals surface area contributed by atoms with Gasteiger partial charge in [-0.2, -0.15) is 5.10 Å². The SMILES string of the molecule is CCC(C)C(NC(=O)OC(C)(C)C)C(=O)N/N=C/c1c(C)[nH]c(=O)[nH]c1=O. The molecule has 10 heteroatoms. The molecule has 0 aliphatic rings. The standard InChI is InChI=1S/C17H27N5O5/c1-7-9(2)12(20-16(26)27-17(4,5)6)14(24)22-18-8-11-10(3)19-15(25)21-13(11)23/h8-9,12H,7H2,1-6H3,(H,20,26)(H,22,24)(H2,19,21,23,25)/b18-8+. The minimum absolute atomic E-state index is 0.107. The van der Waals surface area contributed by atoms with Gasteiger partial charge in [0.1, 0.15) is 11.6 Å². The van der Waals surface area contributed by atoms with Crippen molar-refractivity contribution in [2.24, 2.45) is 11.0 Å². The third kappa shape index (κ3) is 7.08.